The molecule has 1 heterocycles. The van der Waals surface area contributed by atoms with Crippen LogP contribution in [-0.2, 0) is 6.54 Å². The molecule has 1 fully saturated rings. The van der Waals surface area contributed by atoms with Gasteiger partial charge in [-0.05, 0) is 25.7 Å². The van der Waals surface area contributed by atoms with Gasteiger partial charge in [0.1, 0.15) is 6.26 Å². The van der Waals surface area contributed by atoms with E-state index in [1.54, 1.807) is 6.26 Å². The van der Waals surface area contributed by atoms with E-state index in [2.05, 4.69) is 10.5 Å². The van der Waals surface area contributed by atoms with Gasteiger partial charge in [-0.3, -0.25) is 0 Å². The molecule has 1 aromatic rings. The van der Waals surface area contributed by atoms with Crippen molar-refractivity contribution >= 4 is 0 Å². The summed E-state index contributed by atoms with van der Waals surface area (Å²) >= 11 is 0. The predicted molar refractivity (Wildman–Crippen MR) is 53.6 cm³/mol. The van der Waals surface area contributed by atoms with Crippen LogP contribution in [0.15, 0.2) is 16.9 Å². The molecule has 0 aliphatic heterocycles. The fourth-order valence-electron chi connectivity index (χ4n) is 1.90. The first-order chi connectivity index (χ1) is 6.84. The van der Waals surface area contributed by atoms with Crippen molar-refractivity contribution in [2.45, 2.75) is 44.3 Å². The first-order valence-electron chi connectivity index (χ1n) is 5.23. The largest absolute Gasteiger partial charge is 0.364 e. The van der Waals surface area contributed by atoms with Crippen molar-refractivity contribution < 1.29 is 4.52 Å². The minimum atomic E-state index is 0.417. The lowest BCUT2D eigenvalue weighted by Gasteiger charge is -2.26. The van der Waals surface area contributed by atoms with Gasteiger partial charge in [0, 0.05) is 24.7 Å². The van der Waals surface area contributed by atoms with Crippen LogP contribution in [0.1, 0.15) is 31.4 Å². The summed E-state index contributed by atoms with van der Waals surface area (Å²) in [6.45, 7) is 0.802. The monoisotopic (exact) mass is 195 g/mol. The SMILES string of the molecule is NC1CCC(NCc2ccon2)CC1. The second-order valence-corrected chi connectivity index (χ2v) is 3.98. The van der Waals surface area contributed by atoms with Gasteiger partial charge in [0.15, 0.2) is 0 Å². The molecule has 0 saturated heterocycles. The molecule has 0 radical (unpaired) electrons. The van der Waals surface area contributed by atoms with Crippen LogP contribution < -0.4 is 11.1 Å². The molecule has 1 aromatic heterocycles. The van der Waals surface area contributed by atoms with Gasteiger partial charge in [0.05, 0.1) is 5.69 Å². The summed E-state index contributed by atoms with van der Waals surface area (Å²) in [5, 5.41) is 7.32. The van der Waals surface area contributed by atoms with E-state index in [4.69, 9.17) is 10.3 Å². The minimum absolute atomic E-state index is 0.417. The number of aromatic nitrogens is 1. The van der Waals surface area contributed by atoms with E-state index >= 15 is 0 Å². The second kappa shape index (κ2) is 4.57. The van der Waals surface area contributed by atoms with Gasteiger partial charge in [-0.25, -0.2) is 0 Å². The van der Waals surface area contributed by atoms with E-state index in [9.17, 15) is 0 Å². The predicted octanol–water partition coefficient (Wildman–Crippen LogP) is 1.03. The Balaban J connectivity index is 1.71. The van der Waals surface area contributed by atoms with E-state index in [0.717, 1.165) is 25.1 Å². The molecule has 3 N–H and O–H groups in total. The zero-order valence-electron chi connectivity index (χ0n) is 8.28. The van der Waals surface area contributed by atoms with Crippen molar-refractivity contribution in [3.63, 3.8) is 0 Å². The van der Waals surface area contributed by atoms with Gasteiger partial charge >= 0.3 is 0 Å². The number of hydrogen-bond acceptors (Lipinski definition) is 4. The number of hydrogen-bond donors (Lipinski definition) is 2. The number of nitrogens with two attached hydrogens (primary N) is 1. The highest BCUT2D eigenvalue weighted by molar-refractivity contribution is 4.95. The maximum Gasteiger partial charge on any atom is 0.124 e. The summed E-state index contributed by atoms with van der Waals surface area (Å²) in [4.78, 5) is 0. The standard InChI is InChI=1S/C10H17N3O/c11-8-1-3-9(4-2-8)12-7-10-5-6-14-13-10/h5-6,8-9,12H,1-4,7,11H2. The molecule has 78 valence electrons. The van der Waals surface area contributed by atoms with Gasteiger partial charge in [-0.1, -0.05) is 5.16 Å². The van der Waals surface area contributed by atoms with E-state index < -0.39 is 0 Å². The van der Waals surface area contributed by atoms with Gasteiger partial charge in [-0.15, -0.1) is 0 Å². The topological polar surface area (TPSA) is 64.1 Å². The lowest BCUT2D eigenvalue weighted by Crippen LogP contribution is -2.37. The number of nitrogens with one attached hydrogen (secondary N) is 1. The van der Waals surface area contributed by atoms with Crippen molar-refractivity contribution in [2.75, 3.05) is 0 Å². The van der Waals surface area contributed by atoms with Crippen molar-refractivity contribution in [3.8, 4) is 0 Å². The maximum atomic E-state index is 5.83. The summed E-state index contributed by atoms with van der Waals surface area (Å²) in [6, 6.07) is 2.91. The first-order valence-corrected chi connectivity index (χ1v) is 5.23. The van der Waals surface area contributed by atoms with Crippen LogP contribution in [0, 0.1) is 0 Å². The molecule has 14 heavy (non-hydrogen) atoms. The van der Waals surface area contributed by atoms with E-state index in [1.807, 2.05) is 6.07 Å². The molecule has 1 aliphatic rings. The van der Waals surface area contributed by atoms with Crippen LogP contribution in [0.5, 0.6) is 0 Å². The lowest BCUT2D eigenvalue weighted by atomic mass is 9.92. The van der Waals surface area contributed by atoms with E-state index in [0.29, 0.717) is 12.1 Å². The van der Waals surface area contributed by atoms with Crippen molar-refractivity contribution in [2.24, 2.45) is 5.73 Å². The normalized spacial score (nSPS) is 27.8. The van der Waals surface area contributed by atoms with Gasteiger partial charge < -0.3 is 15.6 Å². The highest BCUT2D eigenvalue weighted by atomic mass is 16.5. The Bertz CT molecular complexity index is 252. The zero-order chi connectivity index (χ0) is 9.80. The molecule has 1 aliphatic carbocycles. The van der Waals surface area contributed by atoms with Gasteiger partial charge in [0.2, 0.25) is 0 Å². The highest BCUT2D eigenvalue weighted by Gasteiger charge is 2.17. The van der Waals surface area contributed by atoms with Crippen molar-refractivity contribution in [3.05, 3.63) is 18.0 Å². The Morgan fingerprint density at radius 1 is 1.43 bits per heavy atom. The highest BCUT2D eigenvalue weighted by Crippen LogP contribution is 2.17. The Hall–Kier alpha value is -0.870. The Kier molecular flexibility index (Phi) is 3.16. The molecule has 1 saturated carbocycles. The summed E-state index contributed by atoms with van der Waals surface area (Å²) < 4.78 is 4.76. The molecule has 0 bridgehead atoms. The Labute approximate surface area is 83.8 Å². The molecule has 4 heteroatoms. The molecular weight excluding hydrogens is 178 g/mol. The van der Waals surface area contributed by atoms with Crippen LogP contribution in [0.25, 0.3) is 0 Å². The average Bonchev–Trinajstić information content (AvgIpc) is 2.70. The Morgan fingerprint density at radius 3 is 2.86 bits per heavy atom. The smallest absolute Gasteiger partial charge is 0.124 e. The van der Waals surface area contributed by atoms with Crippen molar-refractivity contribution in [1.29, 1.82) is 0 Å². The van der Waals surface area contributed by atoms with Crippen LogP contribution in [-0.4, -0.2) is 17.2 Å². The second-order valence-electron chi connectivity index (χ2n) is 3.98. The summed E-state index contributed by atoms with van der Waals surface area (Å²) in [7, 11) is 0. The third-order valence-corrected chi connectivity index (χ3v) is 2.83. The van der Waals surface area contributed by atoms with Crippen LogP contribution in [0.2, 0.25) is 0 Å². The van der Waals surface area contributed by atoms with Gasteiger partial charge in [0.25, 0.3) is 0 Å². The molecular formula is C10H17N3O. The molecule has 0 amide bonds. The third-order valence-electron chi connectivity index (χ3n) is 2.83. The van der Waals surface area contributed by atoms with Crippen LogP contribution in [0.3, 0.4) is 0 Å². The first kappa shape index (κ1) is 9.68. The fourth-order valence-corrected chi connectivity index (χ4v) is 1.90. The number of nitrogens with zero attached hydrogens (tertiary/aromatic N) is 1. The summed E-state index contributed by atoms with van der Waals surface area (Å²) in [6.07, 6.45) is 6.23. The van der Waals surface area contributed by atoms with E-state index in [1.165, 1.54) is 12.8 Å². The maximum absolute atomic E-state index is 5.83. The molecule has 4 nitrogen and oxygen atoms in total. The molecule has 0 atom stereocenters. The third kappa shape index (κ3) is 2.56. The lowest BCUT2D eigenvalue weighted by molar-refractivity contribution is 0.336. The molecule has 0 spiro atoms. The zero-order valence-corrected chi connectivity index (χ0v) is 8.28. The quantitative estimate of drug-likeness (QED) is 0.756. The van der Waals surface area contributed by atoms with Gasteiger partial charge in [-0.2, -0.15) is 0 Å². The average molecular weight is 195 g/mol. The Morgan fingerprint density at radius 2 is 2.21 bits per heavy atom. The number of rotatable bonds is 3. The van der Waals surface area contributed by atoms with E-state index in [-0.39, 0.29) is 0 Å². The summed E-state index contributed by atoms with van der Waals surface area (Å²) in [5.41, 5.74) is 6.80. The van der Waals surface area contributed by atoms with Crippen molar-refractivity contribution in [1.82, 2.24) is 10.5 Å². The molecule has 0 aromatic carbocycles. The van der Waals surface area contributed by atoms with Crippen LogP contribution in [0.4, 0.5) is 0 Å². The molecule has 2 rings (SSSR count). The summed E-state index contributed by atoms with van der Waals surface area (Å²) in [5.74, 6) is 0. The molecule has 0 unspecified atom stereocenters. The minimum Gasteiger partial charge on any atom is -0.364 e. The fraction of sp³-hybridized carbons (Fsp3) is 0.700. The van der Waals surface area contributed by atoms with Crippen LogP contribution >= 0.6 is 0 Å².